The lowest BCUT2D eigenvalue weighted by molar-refractivity contribution is 1.65. The van der Waals surface area contributed by atoms with Crippen molar-refractivity contribution in [3.05, 3.63) is 44.4 Å². The number of fused-ring (bicyclic) bond motifs is 2. The SMILES string of the molecule is Cc1cc2c(=O)c3ccc(Cl)cc3sc2s1. The molecule has 4 heteroatoms. The van der Waals surface area contributed by atoms with Gasteiger partial charge in [0.15, 0.2) is 5.43 Å². The quantitative estimate of drug-likeness (QED) is 0.588. The van der Waals surface area contributed by atoms with Crippen molar-refractivity contribution in [3.63, 3.8) is 0 Å². The van der Waals surface area contributed by atoms with E-state index in [1.807, 2.05) is 25.1 Å². The molecule has 0 amide bonds. The van der Waals surface area contributed by atoms with Crippen LogP contribution in [0.15, 0.2) is 29.1 Å². The number of halogens is 1. The van der Waals surface area contributed by atoms with Gasteiger partial charge in [0.1, 0.15) is 0 Å². The van der Waals surface area contributed by atoms with Gasteiger partial charge in [0, 0.05) is 20.0 Å². The molecule has 0 radical (unpaired) electrons. The van der Waals surface area contributed by atoms with Crippen LogP contribution in [0.4, 0.5) is 0 Å². The largest absolute Gasteiger partial charge is 0.288 e. The second-order valence-corrected chi connectivity index (χ2v) is 6.63. The van der Waals surface area contributed by atoms with E-state index in [2.05, 4.69) is 0 Å². The highest BCUT2D eigenvalue weighted by molar-refractivity contribution is 7.40. The number of aryl methyl sites for hydroxylation is 1. The Balaban J connectivity index is 2.60. The summed E-state index contributed by atoms with van der Waals surface area (Å²) in [6.07, 6.45) is 0. The molecule has 80 valence electrons. The fraction of sp³-hybridized carbons (Fsp3) is 0.0833. The predicted molar refractivity (Wildman–Crippen MR) is 73.2 cm³/mol. The van der Waals surface area contributed by atoms with E-state index in [1.165, 1.54) is 4.88 Å². The molecule has 0 fully saturated rings. The topological polar surface area (TPSA) is 17.1 Å². The fourth-order valence-electron chi connectivity index (χ4n) is 1.74. The zero-order valence-electron chi connectivity index (χ0n) is 8.41. The van der Waals surface area contributed by atoms with Crippen LogP contribution in [0.25, 0.3) is 19.5 Å². The lowest BCUT2D eigenvalue weighted by Gasteiger charge is -1.97. The van der Waals surface area contributed by atoms with E-state index >= 15 is 0 Å². The number of thiophene rings is 1. The Kier molecular flexibility index (Phi) is 2.28. The van der Waals surface area contributed by atoms with E-state index < -0.39 is 0 Å². The van der Waals surface area contributed by atoms with Gasteiger partial charge in [0.05, 0.1) is 9.40 Å². The summed E-state index contributed by atoms with van der Waals surface area (Å²) >= 11 is 9.23. The van der Waals surface area contributed by atoms with Crippen LogP contribution in [0.1, 0.15) is 4.88 Å². The van der Waals surface area contributed by atoms with Crippen molar-refractivity contribution in [2.24, 2.45) is 0 Å². The average molecular weight is 267 g/mol. The smallest absolute Gasteiger partial charge is 0.196 e. The van der Waals surface area contributed by atoms with Crippen LogP contribution in [-0.4, -0.2) is 0 Å². The lowest BCUT2D eigenvalue weighted by Crippen LogP contribution is -1.98. The molecule has 2 aromatic heterocycles. The van der Waals surface area contributed by atoms with Crippen molar-refractivity contribution in [2.75, 3.05) is 0 Å². The van der Waals surface area contributed by atoms with Crippen molar-refractivity contribution >= 4 is 53.8 Å². The maximum Gasteiger partial charge on any atom is 0.196 e. The third kappa shape index (κ3) is 1.47. The molecule has 0 aliphatic carbocycles. The van der Waals surface area contributed by atoms with Crippen molar-refractivity contribution in [1.82, 2.24) is 0 Å². The van der Waals surface area contributed by atoms with Crippen molar-refractivity contribution < 1.29 is 0 Å². The Morgan fingerprint density at radius 2 is 1.94 bits per heavy atom. The molecule has 3 aromatic rings. The third-order valence-corrected chi connectivity index (χ3v) is 5.00. The zero-order valence-corrected chi connectivity index (χ0v) is 10.8. The standard InChI is InChI=1S/C12H7ClOS2/c1-6-4-9-11(14)8-3-2-7(13)5-10(8)16-12(9)15-6/h2-5H,1H3. The first-order valence-electron chi connectivity index (χ1n) is 4.77. The molecule has 0 saturated carbocycles. The average Bonchev–Trinajstić information content (AvgIpc) is 2.59. The van der Waals surface area contributed by atoms with Crippen LogP contribution in [0.5, 0.6) is 0 Å². The number of benzene rings is 1. The van der Waals surface area contributed by atoms with Crippen LogP contribution in [0.3, 0.4) is 0 Å². The van der Waals surface area contributed by atoms with Gasteiger partial charge in [0.2, 0.25) is 0 Å². The van der Waals surface area contributed by atoms with Crippen LogP contribution >= 0.6 is 34.3 Å². The van der Waals surface area contributed by atoms with Crippen LogP contribution < -0.4 is 5.43 Å². The molecule has 1 nitrogen and oxygen atoms in total. The molecule has 0 N–H and O–H groups in total. The molecule has 0 saturated heterocycles. The number of hydrogen-bond donors (Lipinski definition) is 0. The molecule has 0 bridgehead atoms. The number of rotatable bonds is 0. The normalized spacial score (nSPS) is 11.4. The summed E-state index contributed by atoms with van der Waals surface area (Å²) in [7, 11) is 0. The summed E-state index contributed by atoms with van der Waals surface area (Å²) in [6, 6.07) is 7.40. The van der Waals surface area contributed by atoms with Crippen molar-refractivity contribution in [3.8, 4) is 0 Å². The van der Waals surface area contributed by atoms with Crippen LogP contribution in [0, 0.1) is 6.92 Å². The minimum absolute atomic E-state index is 0.116. The van der Waals surface area contributed by atoms with Gasteiger partial charge in [-0.25, -0.2) is 0 Å². The minimum atomic E-state index is 0.116. The van der Waals surface area contributed by atoms with Crippen LogP contribution in [0.2, 0.25) is 5.02 Å². The van der Waals surface area contributed by atoms with Gasteiger partial charge in [-0.3, -0.25) is 4.79 Å². The summed E-state index contributed by atoms with van der Waals surface area (Å²) in [4.78, 5) is 13.4. The third-order valence-electron chi connectivity index (χ3n) is 2.46. The van der Waals surface area contributed by atoms with Gasteiger partial charge in [0.25, 0.3) is 0 Å². The minimum Gasteiger partial charge on any atom is -0.288 e. The monoisotopic (exact) mass is 266 g/mol. The Morgan fingerprint density at radius 3 is 2.75 bits per heavy atom. The summed E-state index contributed by atoms with van der Waals surface area (Å²) in [5.41, 5.74) is 0.116. The van der Waals surface area contributed by atoms with Gasteiger partial charge < -0.3 is 0 Å². The van der Waals surface area contributed by atoms with Gasteiger partial charge in [-0.2, -0.15) is 0 Å². The Morgan fingerprint density at radius 1 is 1.12 bits per heavy atom. The second kappa shape index (κ2) is 3.55. The van der Waals surface area contributed by atoms with Crippen LogP contribution in [-0.2, 0) is 0 Å². The molecule has 1 aromatic carbocycles. The van der Waals surface area contributed by atoms with E-state index in [1.54, 1.807) is 28.7 Å². The van der Waals surface area contributed by atoms with Gasteiger partial charge in [-0.1, -0.05) is 11.6 Å². The summed E-state index contributed by atoms with van der Waals surface area (Å²) < 4.78 is 2.05. The van der Waals surface area contributed by atoms with E-state index in [-0.39, 0.29) is 5.43 Å². The first-order valence-corrected chi connectivity index (χ1v) is 6.79. The summed E-state index contributed by atoms with van der Waals surface area (Å²) in [5.74, 6) is 0. The zero-order chi connectivity index (χ0) is 11.3. The maximum absolute atomic E-state index is 12.2. The Bertz CT molecular complexity index is 755. The van der Waals surface area contributed by atoms with Crippen molar-refractivity contribution in [1.29, 1.82) is 0 Å². The molecular formula is C12H7ClOS2. The van der Waals surface area contributed by atoms with E-state index in [9.17, 15) is 4.79 Å². The maximum atomic E-state index is 12.2. The molecule has 0 spiro atoms. The van der Waals surface area contributed by atoms with Gasteiger partial charge in [-0.15, -0.1) is 22.7 Å². The summed E-state index contributed by atoms with van der Waals surface area (Å²) in [6.45, 7) is 2.02. The Hall–Kier alpha value is -0.900. The number of hydrogen-bond acceptors (Lipinski definition) is 3. The van der Waals surface area contributed by atoms with Crippen molar-refractivity contribution in [2.45, 2.75) is 6.92 Å². The molecule has 0 atom stereocenters. The molecule has 0 aliphatic rings. The van der Waals surface area contributed by atoms with Gasteiger partial charge in [-0.05, 0) is 31.2 Å². The first-order chi connectivity index (χ1) is 7.65. The highest BCUT2D eigenvalue weighted by atomic mass is 35.5. The molecular weight excluding hydrogens is 260 g/mol. The second-order valence-electron chi connectivity index (χ2n) is 3.63. The summed E-state index contributed by atoms with van der Waals surface area (Å²) in [5, 5.41) is 2.28. The molecule has 16 heavy (non-hydrogen) atoms. The predicted octanol–water partition coefficient (Wildman–Crippen LogP) is 4.44. The first kappa shape index (κ1) is 10.3. The Labute approximate surface area is 105 Å². The highest BCUT2D eigenvalue weighted by Gasteiger charge is 2.08. The highest BCUT2D eigenvalue weighted by Crippen LogP contribution is 2.32. The van der Waals surface area contributed by atoms with E-state index in [0.29, 0.717) is 5.02 Å². The molecule has 0 aliphatic heterocycles. The molecule has 3 rings (SSSR count). The molecule has 0 unspecified atom stereocenters. The van der Waals surface area contributed by atoms with E-state index in [0.717, 1.165) is 19.5 Å². The van der Waals surface area contributed by atoms with E-state index in [4.69, 9.17) is 11.6 Å². The molecule has 2 heterocycles. The lowest BCUT2D eigenvalue weighted by atomic mass is 10.2. The van der Waals surface area contributed by atoms with Gasteiger partial charge >= 0.3 is 0 Å². The fourth-order valence-corrected chi connectivity index (χ4v) is 4.46.